The second kappa shape index (κ2) is 5.15. The largest absolute Gasteiger partial charge is 0.324 e. The quantitative estimate of drug-likeness (QED) is 0.922. The molecule has 0 saturated carbocycles. The van der Waals surface area contributed by atoms with E-state index in [1.54, 1.807) is 6.07 Å². The monoisotopic (exact) mass is 302 g/mol. The lowest BCUT2D eigenvalue weighted by molar-refractivity contribution is 1.08. The number of rotatable bonds is 2. The van der Waals surface area contributed by atoms with Crippen LogP contribution in [0.2, 0.25) is 0 Å². The number of aryl methyl sites for hydroxylation is 1. The number of hydrogen-bond donors (Lipinski definition) is 1. The van der Waals surface area contributed by atoms with E-state index >= 15 is 0 Å². The molecular weight excluding hydrogens is 292 g/mol. The average molecular weight is 303 g/mol. The van der Waals surface area contributed by atoms with E-state index in [9.17, 15) is 0 Å². The molecule has 0 spiro atoms. The van der Waals surface area contributed by atoms with Gasteiger partial charge in [-0.25, -0.2) is 9.97 Å². The summed E-state index contributed by atoms with van der Waals surface area (Å²) in [7, 11) is 0. The molecule has 0 saturated heterocycles. The fraction of sp³-hybridized carbons (Fsp3) is 0.154. The van der Waals surface area contributed by atoms with Crippen molar-refractivity contribution >= 4 is 27.6 Å². The van der Waals surface area contributed by atoms with E-state index in [2.05, 4.69) is 31.2 Å². The van der Waals surface area contributed by atoms with Crippen molar-refractivity contribution in [2.45, 2.75) is 13.8 Å². The zero-order chi connectivity index (χ0) is 13.1. The van der Waals surface area contributed by atoms with Gasteiger partial charge in [-0.15, -0.1) is 0 Å². The molecule has 0 bridgehead atoms. The van der Waals surface area contributed by atoms with Gasteiger partial charge in [-0.05, 0) is 37.6 Å². The first-order valence-corrected chi connectivity index (χ1v) is 6.17. The van der Waals surface area contributed by atoms with Gasteiger partial charge in [-0.2, -0.15) is 5.26 Å². The lowest BCUT2D eigenvalue weighted by Gasteiger charge is -2.09. The van der Waals surface area contributed by atoms with Crippen LogP contribution in [0.3, 0.4) is 0 Å². The van der Waals surface area contributed by atoms with Crippen molar-refractivity contribution in [1.29, 1.82) is 5.26 Å². The van der Waals surface area contributed by atoms with Gasteiger partial charge in [0, 0.05) is 15.9 Å². The summed E-state index contributed by atoms with van der Waals surface area (Å²) in [6.07, 6.45) is 0. The normalized spacial score (nSPS) is 9.89. The molecule has 1 N–H and O–H groups in total. The molecule has 0 fully saturated rings. The lowest BCUT2D eigenvalue weighted by atomic mass is 10.2. The summed E-state index contributed by atoms with van der Waals surface area (Å²) in [5.74, 6) is 0.438. The van der Waals surface area contributed by atoms with Crippen molar-refractivity contribution in [3.8, 4) is 6.07 Å². The fourth-order valence-electron chi connectivity index (χ4n) is 1.55. The molecule has 1 heterocycles. The topological polar surface area (TPSA) is 61.6 Å². The Balaban J connectivity index is 2.37. The maximum atomic E-state index is 8.88. The zero-order valence-electron chi connectivity index (χ0n) is 10.0. The second-order valence-electron chi connectivity index (χ2n) is 3.87. The van der Waals surface area contributed by atoms with Gasteiger partial charge in [0.05, 0.1) is 0 Å². The molecule has 0 atom stereocenters. The minimum Gasteiger partial charge on any atom is -0.324 e. The van der Waals surface area contributed by atoms with Crippen LogP contribution >= 0.6 is 15.9 Å². The highest BCUT2D eigenvalue weighted by Crippen LogP contribution is 2.25. The van der Waals surface area contributed by atoms with Gasteiger partial charge in [-0.3, -0.25) is 0 Å². The number of benzene rings is 1. The fourth-order valence-corrected chi connectivity index (χ4v) is 1.91. The molecule has 4 nitrogen and oxygen atoms in total. The second-order valence-corrected chi connectivity index (χ2v) is 4.72. The maximum Gasteiger partial charge on any atom is 0.228 e. The highest BCUT2D eigenvalue weighted by atomic mass is 79.9. The van der Waals surface area contributed by atoms with Crippen LogP contribution in [-0.4, -0.2) is 9.97 Å². The minimum atomic E-state index is 0.359. The summed E-state index contributed by atoms with van der Waals surface area (Å²) in [5.41, 5.74) is 3.11. The number of nitrogens with zero attached hydrogens (tertiary/aromatic N) is 3. The van der Waals surface area contributed by atoms with E-state index in [1.165, 1.54) is 0 Å². The number of anilines is 2. The molecular formula is C13H11BrN4. The molecule has 0 aliphatic heterocycles. The molecule has 0 aliphatic carbocycles. The van der Waals surface area contributed by atoms with Gasteiger partial charge in [0.25, 0.3) is 0 Å². The van der Waals surface area contributed by atoms with Gasteiger partial charge in [-0.1, -0.05) is 22.0 Å². The van der Waals surface area contributed by atoms with E-state index in [1.807, 2.05) is 38.1 Å². The smallest absolute Gasteiger partial charge is 0.228 e. The standard InChI is InChI=1S/C13H11BrN4/c1-8-6-10(7-15)17-13(16-8)18-12-5-3-4-11(14)9(12)2/h3-6H,1-2H3,(H,16,17,18). The molecule has 2 rings (SSSR count). The van der Waals surface area contributed by atoms with Crippen molar-refractivity contribution in [3.05, 3.63) is 45.7 Å². The third-order valence-corrected chi connectivity index (χ3v) is 3.34. The van der Waals surface area contributed by atoms with E-state index < -0.39 is 0 Å². The number of nitriles is 1. The molecule has 2 aromatic rings. The Kier molecular flexibility index (Phi) is 3.58. The van der Waals surface area contributed by atoms with Gasteiger partial charge < -0.3 is 5.32 Å². The van der Waals surface area contributed by atoms with Crippen LogP contribution in [0.4, 0.5) is 11.6 Å². The summed E-state index contributed by atoms with van der Waals surface area (Å²) < 4.78 is 1.01. The third kappa shape index (κ3) is 2.66. The first kappa shape index (κ1) is 12.5. The molecule has 18 heavy (non-hydrogen) atoms. The van der Waals surface area contributed by atoms with E-state index in [0.717, 1.165) is 21.4 Å². The van der Waals surface area contributed by atoms with Crippen LogP contribution in [0.25, 0.3) is 0 Å². The number of hydrogen-bond acceptors (Lipinski definition) is 4. The summed E-state index contributed by atoms with van der Waals surface area (Å²) in [4.78, 5) is 8.38. The Labute approximate surface area is 114 Å². The van der Waals surface area contributed by atoms with Crippen LogP contribution in [0.1, 0.15) is 17.0 Å². The Hall–Kier alpha value is -1.93. The number of nitrogens with one attached hydrogen (secondary N) is 1. The van der Waals surface area contributed by atoms with Gasteiger partial charge >= 0.3 is 0 Å². The molecule has 90 valence electrons. The summed E-state index contributed by atoms with van der Waals surface area (Å²) in [6, 6.07) is 9.52. The zero-order valence-corrected chi connectivity index (χ0v) is 11.6. The first-order chi connectivity index (χ1) is 8.60. The number of aromatic nitrogens is 2. The Morgan fingerprint density at radius 3 is 2.78 bits per heavy atom. The first-order valence-electron chi connectivity index (χ1n) is 5.38. The molecule has 0 unspecified atom stereocenters. The molecule has 0 amide bonds. The Morgan fingerprint density at radius 2 is 2.06 bits per heavy atom. The summed E-state index contributed by atoms with van der Waals surface area (Å²) in [6.45, 7) is 3.83. The summed E-state index contributed by atoms with van der Waals surface area (Å²) in [5, 5.41) is 12.0. The van der Waals surface area contributed by atoms with Crippen molar-refractivity contribution in [3.63, 3.8) is 0 Å². The van der Waals surface area contributed by atoms with Gasteiger partial charge in [0.15, 0.2) is 0 Å². The molecule has 0 aliphatic rings. The predicted octanol–water partition coefficient (Wildman–Crippen LogP) is 3.47. The van der Waals surface area contributed by atoms with Crippen molar-refractivity contribution < 1.29 is 0 Å². The van der Waals surface area contributed by atoms with Crippen LogP contribution in [-0.2, 0) is 0 Å². The molecule has 0 radical (unpaired) electrons. The molecule has 1 aromatic heterocycles. The highest BCUT2D eigenvalue weighted by Gasteiger charge is 2.05. The van der Waals surface area contributed by atoms with E-state index in [-0.39, 0.29) is 0 Å². The molecule has 1 aromatic carbocycles. The lowest BCUT2D eigenvalue weighted by Crippen LogP contribution is -2.01. The van der Waals surface area contributed by atoms with E-state index in [0.29, 0.717) is 11.6 Å². The Morgan fingerprint density at radius 1 is 1.28 bits per heavy atom. The van der Waals surface area contributed by atoms with Gasteiger partial charge in [0.2, 0.25) is 5.95 Å². The van der Waals surface area contributed by atoms with Crippen LogP contribution in [0.15, 0.2) is 28.7 Å². The molecule has 5 heteroatoms. The van der Waals surface area contributed by atoms with E-state index in [4.69, 9.17) is 5.26 Å². The predicted molar refractivity (Wildman–Crippen MR) is 73.6 cm³/mol. The SMILES string of the molecule is Cc1cc(C#N)nc(Nc2cccc(Br)c2C)n1. The third-order valence-electron chi connectivity index (χ3n) is 2.48. The maximum absolute atomic E-state index is 8.88. The van der Waals surface area contributed by atoms with Gasteiger partial charge in [0.1, 0.15) is 11.8 Å². The minimum absolute atomic E-state index is 0.359. The van der Waals surface area contributed by atoms with Crippen molar-refractivity contribution in [1.82, 2.24) is 9.97 Å². The highest BCUT2D eigenvalue weighted by molar-refractivity contribution is 9.10. The number of halogens is 1. The van der Waals surface area contributed by atoms with Crippen molar-refractivity contribution in [2.24, 2.45) is 0 Å². The Bertz CT molecular complexity index is 631. The average Bonchev–Trinajstić information content (AvgIpc) is 2.34. The van der Waals surface area contributed by atoms with Crippen LogP contribution in [0, 0.1) is 25.2 Å². The van der Waals surface area contributed by atoms with Crippen LogP contribution < -0.4 is 5.32 Å². The van der Waals surface area contributed by atoms with Crippen LogP contribution in [0.5, 0.6) is 0 Å². The summed E-state index contributed by atoms with van der Waals surface area (Å²) >= 11 is 3.47. The van der Waals surface area contributed by atoms with Crippen molar-refractivity contribution in [2.75, 3.05) is 5.32 Å².